The Bertz CT molecular complexity index is 457. The fourth-order valence-corrected chi connectivity index (χ4v) is 2.95. The number of halogens is 1. The van der Waals surface area contributed by atoms with Crippen molar-refractivity contribution in [2.45, 2.75) is 6.10 Å². The minimum atomic E-state index is -5.51. The zero-order valence-electron chi connectivity index (χ0n) is 8.40. The van der Waals surface area contributed by atoms with Gasteiger partial charge in [0.05, 0.1) is 12.4 Å². The van der Waals surface area contributed by atoms with E-state index in [0.717, 1.165) is 7.11 Å². The van der Waals surface area contributed by atoms with E-state index < -0.39 is 50.3 Å². The van der Waals surface area contributed by atoms with Gasteiger partial charge in [0.2, 0.25) is 0 Å². The van der Waals surface area contributed by atoms with Crippen LogP contribution >= 0.6 is 0 Å². The third kappa shape index (κ3) is 9.51. The Hall–Kier alpha value is -0.180. The molecular formula is C4H10FNO8S3. The first-order chi connectivity index (χ1) is 7.56. The van der Waals surface area contributed by atoms with E-state index >= 15 is 0 Å². The van der Waals surface area contributed by atoms with Gasteiger partial charge in [-0.1, -0.05) is 8.01 Å². The first-order valence-corrected chi connectivity index (χ1v) is 7.85. The Balaban J connectivity index is 4.69. The number of rotatable bonds is 8. The lowest BCUT2D eigenvalue weighted by molar-refractivity contribution is 0.0971. The molecule has 0 aromatic rings. The second-order valence-electron chi connectivity index (χ2n) is 2.64. The Labute approximate surface area is 100 Å². The second kappa shape index (κ2) is 6.67. The molecule has 2 unspecified atom stereocenters. The van der Waals surface area contributed by atoms with Crippen molar-refractivity contribution in [2.24, 2.45) is 0 Å². The van der Waals surface area contributed by atoms with Crippen LogP contribution in [-0.2, 0) is 40.7 Å². The van der Waals surface area contributed by atoms with Crippen LogP contribution in [0.15, 0.2) is 0 Å². The summed E-state index contributed by atoms with van der Waals surface area (Å²) < 4.78 is 82.1. The molecule has 2 atom stereocenters. The van der Waals surface area contributed by atoms with Gasteiger partial charge in [-0.25, -0.2) is 4.21 Å². The highest BCUT2D eigenvalue weighted by molar-refractivity contribution is 8.00. The zero-order chi connectivity index (χ0) is 13.7. The Morgan fingerprint density at radius 2 is 1.94 bits per heavy atom. The smallest absolute Gasteiger partial charge is 0.382 e. The fraction of sp³-hybridized carbons (Fsp3) is 1.00. The summed E-state index contributed by atoms with van der Waals surface area (Å²) in [5.41, 5.74) is 0. The summed E-state index contributed by atoms with van der Waals surface area (Å²) in [6, 6.07) is 0. The molecule has 0 aromatic carbocycles. The molecular weight excluding hydrogens is 305 g/mol. The number of ether oxygens (including phenoxy) is 1. The summed E-state index contributed by atoms with van der Waals surface area (Å²) in [4.78, 5) is 0. The third-order valence-electron chi connectivity index (χ3n) is 1.15. The van der Waals surface area contributed by atoms with Crippen molar-refractivity contribution in [3.63, 3.8) is 0 Å². The van der Waals surface area contributed by atoms with Gasteiger partial charge >= 0.3 is 20.7 Å². The third-order valence-corrected chi connectivity index (χ3v) is 3.94. The predicted molar refractivity (Wildman–Crippen MR) is 54.5 cm³/mol. The van der Waals surface area contributed by atoms with E-state index in [2.05, 4.69) is 8.92 Å². The fourth-order valence-electron chi connectivity index (χ4n) is 0.769. The van der Waals surface area contributed by atoms with E-state index in [4.69, 9.17) is 4.55 Å². The van der Waals surface area contributed by atoms with E-state index in [1.54, 1.807) is 0 Å². The number of nitrogens with one attached hydrogen (secondary N) is 1. The van der Waals surface area contributed by atoms with Gasteiger partial charge in [-0.3, -0.25) is 4.18 Å². The van der Waals surface area contributed by atoms with Crippen LogP contribution in [0.3, 0.4) is 0 Å². The maximum absolute atomic E-state index is 12.0. The highest BCUT2D eigenvalue weighted by atomic mass is 32.3. The molecule has 0 aromatic heterocycles. The molecule has 0 fully saturated rings. The topological polar surface area (TPSA) is 136 Å². The van der Waals surface area contributed by atoms with Gasteiger partial charge in [0.25, 0.3) is 0 Å². The lowest BCUT2D eigenvalue weighted by Crippen LogP contribution is -2.36. The second-order valence-corrected chi connectivity index (χ2v) is 6.26. The van der Waals surface area contributed by atoms with Crippen LogP contribution < -0.4 is 4.13 Å². The van der Waals surface area contributed by atoms with Crippen molar-refractivity contribution >= 4 is 31.8 Å². The van der Waals surface area contributed by atoms with Crippen molar-refractivity contribution < 1.29 is 38.4 Å². The molecule has 104 valence electrons. The summed E-state index contributed by atoms with van der Waals surface area (Å²) in [5.74, 6) is -0.652. The average molecular weight is 315 g/mol. The van der Waals surface area contributed by atoms with Crippen LogP contribution in [0.2, 0.25) is 0 Å². The van der Waals surface area contributed by atoms with Crippen molar-refractivity contribution in [3.8, 4) is 0 Å². The van der Waals surface area contributed by atoms with Crippen molar-refractivity contribution in [1.29, 1.82) is 0 Å². The number of hydrogen-bond donors (Lipinski definition) is 2. The Kier molecular flexibility index (Phi) is 6.60. The van der Waals surface area contributed by atoms with Gasteiger partial charge in [-0.05, 0) is 0 Å². The molecule has 0 aliphatic carbocycles. The molecule has 0 aliphatic rings. The summed E-state index contributed by atoms with van der Waals surface area (Å²) in [6.07, 6.45) is -1.43. The van der Waals surface area contributed by atoms with Gasteiger partial charge in [0.15, 0.2) is 11.1 Å². The minimum absolute atomic E-state index is 0.403. The highest BCUT2D eigenvalue weighted by Gasteiger charge is 2.26. The molecule has 0 spiro atoms. The van der Waals surface area contributed by atoms with Gasteiger partial charge in [-0.15, -0.1) is 0 Å². The van der Waals surface area contributed by atoms with Crippen LogP contribution in [-0.4, -0.2) is 51.2 Å². The lowest BCUT2D eigenvalue weighted by atomic mass is 10.4. The molecule has 13 heteroatoms. The maximum Gasteiger partial charge on any atom is 0.387 e. The molecule has 0 heterocycles. The van der Waals surface area contributed by atoms with E-state index in [9.17, 15) is 24.9 Å². The van der Waals surface area contributed by atoms with Crippen LogP contribution in [0.4, 0.5) is 3.89 Å². The first-order valence-electron chi connectivity index (χ1n) is 3.78. The van der Waals surface area contributed by atoms with Crippen LogP contribution in [0.25, 0.3) is 0 Å². The standard InChI is InChI=1S/C4H10FNO8S3/c1-13-2-4(3-15(7)8)14-17(11,12)6-16(5,9)10/h4,6H,2-3H2,1H3,(H,7,8). The molecule has 0 saturated carbocycles. The van der Waals surface area contributed by atoms with Crippen LogP contribution in [0, 0.1) is 0 Å². The minimum Gasteiger partial charge on any atom is -0.382 e. The van der Waals surface area contributed by atoms with Gasteiger partial charge < -0.3 is 9.29 Å². The monoisotopic (exact) mass is 315 g/mol. The lowest BCUT2D eigenvalue weighted by Gasteiger charge is -2.13. The SMILES string of the molecule is COCC(CS(=O)O)OS(=O)(=O)NS(=O)(=O)F. The normalized spacial score (nSPS) is 16.6. The summed E-state index contributed by atoms with van der Waals surface area (Å²) >= 11 is -2.40. The van der Waals surface area contributed by atoms with Gasteiger partial charge in [-0.2, -0.15) is 16.8 Å². The molecule has 0 amide bonds. The van der Waals surface area contributed by atoms with Gasteiger partial charge in [0.1, 0.15) is 6.10 Å². The molecule has 9 nitrogen and oxygen atoms in total. The predicted octanol–water partition coefficient (Wildman–Crippen LogP) is -1.71. The first kappa shape index (κ1) is 16.8. The molecule has 0 radical (unpaired) electrons. The van der Waals surface area contributed by atoms with E-state index in [-0.39, 0.29) is 0 Å². The Morgan fingerprint density at radius 1 is 1.41 bits per heavy atom. The van der Waals surface area contributed by atoms with Crippen LogP contribution in [0.5, 0.6) is 0 Å². The maximum atomic E-state index is 12.0. The zero-order valence-corrected chi connectivity index (χ0v) is 10.8. The number of hydrogen-bond acceptors (Lipinski definition) is 7. The average Bonchev–Trinajstić information content (AvgIpc) is 1.95. The van der Waals surface area contributed by atoms with E-state index in [1.807, 2.05) is 0 Å². The summed E-state index contributed by atoms with van der Waals surface area (Å²) in [6.45, 7) is -0.403. The van der Waals surface area contributed by atoms with Crippen molar-refractivity contribution in [1.82, 2.24) is 4.13 Å². The summed E-state index contributed by atoms with van der Waals surface area (Å²) in [7, 11) is -9.30. The van der Waals surface area contributed by atoms with Crippen molar-refractivity contribution in [3.05, 3.63) is 0 Å². The molecule has 17 heavy (non-hydrogen) atoms. The molecule has 0 bridgehead atoms. The van der Waals surface area contributed by atoms with Crippen LogP contribution in [0.1, 0.15) is 0 Å². The molecule has 2 N–H and O–H groups in total. The van der Waals surface area contributed by atoms with Crippen molar-refractivity contribution in [2.75, 3.05) is 19.5 Å². The Morgan fingerprint density at radius 3 is 2.29 bits per heavy atom. The van der Waals surface area contributed by atoms with Gasteiger partial charge in [0, 0.05) is 7.11 Å². The highest BCUT2D eigenvalue weighted by Crippen LogP contribution is 2.02. The summed E-state index contributed by atoms with van der Waals surface area (Å²) in [5, 5.41) is 0. The molecule has 0 saturated heterocycles. The number of methoxy groups -OCH3 is 1. The quantitative estimate of drug-likeness (QED) is 0.399. The molecule has 0 rings (SSSR count). The van der Waals surface area contributed by atoms with E-state index in [1.165, 1.54) is 0 Å². The molecule has 0 aliphatic heterocycles. The van der Waals surface area contributed by atoms with E-state index in [0.29, 0.717) is 4.13 Å². The largest absolute Gasteiger partial charge is 0.387 e.